The van der Waals surface area contributed by atoms with E-state index in [0.29, 0.717) is 5.69 Å². The van der Waals surface area contributed by atoms with Crippen molar-refractivity contribution in [3.63, 3.8) is 0 Å². The summed E-state index contributed by atoms with van der Waals surface area (Å²) in [6, 6.07) is 3.84. The summed E-state index contributed by atoms with van der Waals surface area (Å²) in [5, 5.41) is 13.1. The zero-order chi connectivity index (χ0) is 14.7. The van der Waals surface area contributed by atoms with E-state index in [9.17, 15) is 9.90 Å². The Kier molecular flexibility index (Phi) is 4.10. The summed E-state index contributed by atoms with van der Waals surface area (Å²) in [4.78, 5) is 18.7. The van der Waals surface area contributed by atoms with Gasteiger partial charge in [0.2, 0.25) is 5.91 Å². The van der Waals surface area contributed by atoms with Crippen LogP contribution in [0, 0.1) is 0 Å². The van der Waals surface area contributed by atoms with Crippen LogP contribution in [0.2, 0.25) is 0 Å². The van der Waals surface area contributed by atoms with E-state index in [-0.39, 0.29) is 12.3 Å². The summed E-state index contributed by atoms with van der Waals surface area (Å²) in [5.41, 5.74) is -0.1000. The number of anilines is 2. The summed E-state index contributed by atoms with van der Waals surface area (Å²) in [5.74, 6) is 0.843. The molecule has 3 rings (SSSR count). The van der Waals surface area contributed by atoms with E-state index in [0.717, 1.165) is 44.6 Å². The average molecular weight is 289 g/mol. The lowest BCUT2D eigenvalue weighted by molar-refractivity contribution is -0.120. The third-order valence-electron chi connectivity index (χ3n) is 4.49. The molecule has 5 heteroatoms. The first kappa shape index (κ1) is 14.3. The van der Waals surface area contributed by atoms with E-state index >= 15 is 0 Å². The second-order valence-electron chi connectivity index (χ2n) is 6.26. The van der Waals surface area contributed by atoms with Gasteiger partial charge in [-0.2, -0.15) is 0 Å². The first-order valence-electron chi connectivity index (χ1n) is 7.88. The number of nitrogens with zero attached hydrogens (tertiary/aromatic N) is 2. The van der Waals surface area contributed by atoms with E-state index < -0.39 is 5.60 Å². The lowest BCUT2D eigenvalue weighted by atomic mass is 9.98. The Morgan fingerprint density at radius 2 is 1.95 bits per heavy atom. The van der Waals surface area contributed by atoms with Gasteiger partial charge in [0.1, 0.15) is 5.82 Å². The average Bonchev–Trinajstić information content (AvgIpc) is 3.11. The number of carbonyl (C=O) groups excluding carboxylic acids is 1. The van der Waals surface area contributed by atoms with Crippen LogP contribution in [0.4, 0.5) is 11.5 Å². The molecule has 2 fully saturated rings. The van der Waals surface area contributed by atoms with Crippen molar-refractivity contribution in [2.45, 2.75) is 50.5 Å². The van der Waals surface area contributed by atoms with Gasteiger partial charge in [0.25, 0.3) is 0 Å². The molecule has 1 aromatic rings. The Bertz CT molecular complexity index is 489. The van der Waals surface area contributed by atoms with Crippen LogP contribution in [0.5, 0.6) is 0 Å². The van der Waals surface area contributed by atoms with Gasteiger partial charge < -0.3 is 15.3 Å². The van der Waals surface area contributed by atoms with Crippen LogP contribution in [-0.4, -0.2) is 34.7 Å². The normalized spacial score (nSPS) is 20.7. The topological polar surface area (TPSA) is 65.5 Å². The van der Waals surface area contributed by atoms with Crippen LogP contribution in [0.1, 0.15) is 44.9 Å². The number of amides is 1. The quantitative estimate of drug-likeness (QED) is 0.892. The van der Waals surface area contributed by atoms with Crippen molar-refractivity contribution < 1.29 is 9.90 Å². The lowest BCUT2D eigenvalue weighted by Gasteiger charge is -2.21. The Morgan fingerprint density at radius 1 is 1.24 bits per heavy atom. The zero-order valence-corrected chi connectivity index (χ0v) is 12.3. The van der Waals surface area contributed by atoms with Crippen LogP contribution in [-0.2, 0) is 4.79 Å². The van der Waals surface area contributed by atoms with Crippen LogP contribution in [0.25, 0.3) is 0 Å². The van der Waals surface area contributed by atoms with Crippen molar-refractivity contribution in [2.24, 2.45) is 0 Å². The SMILES string of the molecule is O=C(CC1(O)CCCC1)Nc1ccc(N2CCCC2)nc1. The van der Waals surface area contributed by atoms with Crippen molar-refractivity contribution in [3.05, 3.63) is 18.3 Å². The summed E-state index contributed by atoms with van der Waals surface area (Å²) in [7, 11) is 0. The van der Waals surface area contributed by atoms with E-state index in [1.165, 1.54) is 12.8 Å². The maximum absolute atomic E-state index is 12.0. The van der Waals surface area contributed by atoms with Gasteiger partial charge in [-0.05, 0) is 37.8 Å². The molecule has 114 valence electrons. The molecule has 21 heavy (non-hydrogen) atoms. The number of hydrogen-bond donors (Lipinski definition) is 2. The van der Waals surface area contributed by atoms with Crippen LogP contribution >= 0.6 is 0 Å². The molecule has 1 amide bonds. The highest BCUT2D eigenvalue weighted by Gasteiger charge is 2.33. The van der Waals surface area contributed by atoms with Crippen LogP contribution in [0.15, 0.2) is 18.3 Å². The van der Waals surface area contributed by atoms with Crippen molar-refractivity contribution in [3.8, 4) is 0 Å². The van der Waals surface area contributed by atoms with E-state index in [4.69, 9.17) is 0 Å². The van der Waals surface area contributed by atoms with Crippen LogP contribution < -0.4 is 10.2 Å². The molecule has 2 N–H and O–H groups in total. The minimum Gasteiger partial charge on any atom is -0.389 e. The van der Waals surface area contributed by atoms with Gasteiger partial charge >= 0.3 is 0 Å². The monoisotopic (exact) mass is 289 g/mol. The standard InChI is InChI=1S/C16H23N3O2/c20-15(11-16(21)7-1-2-8-16)18-13-5-6-14(17-12-13)19-9-3-4-10-19/h5-6,12,21H,1-4,7-11H2,(H,18,20). The molecule has 0 unspecified atom stereocenters. The first-order valence-corrected chi connectivity index (χ1v) is 7.88. The summed E-state index contributed by atoms with van der Waals surface area (Å²) in [6.45, 7) is 2.12. The number of nitrogens with one attached hydrogen (secondary N) is 1. The molecule has 1 aliphatic carbocycles. The fraction of sp³-hybridized carbons (Fsp3) is 0.625. The summed E-state index contributed by atoms with van der Waals surface area (Å²) in [6.07, 6.45) is 7.80. The Hall–Kier alpha value is -1.62. The first-order chi connectivity index (χ1) is 10.1. The third kappa shape index (κ3) is 3.53. The second-order valence-corrected chi connectivity index (χ2v) is 6.26. The molecule has 0 aromatic carbocycles. The van der Waals surface area contributed by atoms with Crippen molar-refractivity contribution >= 4 is 17.4 Å². The molecular weight excluding hydrogens is 266 g/mol. The molecule has 1 aromatic heterocycles. The van der Waals surface area contributed by atoms with E-state index in [2.05, 4.69) is 15.2 Å². The molecule has 2 aliphatic rings. The molecular formula is C16H23N3O2. The second kappa shape index (κ2) is 6.02. The number of rotatable bonds is 4. The number of carbonyl (C=O) groups is 1. The molecule has 1 aliphatic heterocycles. The van der Waals surface area contributed by atoms with Gasteiger partial charge in [0.05, 0.1) is 23.9 Å². The van der Waals surface area contributed by atoms with Gasteiger partial charge in [-0.3, -0.25) is 4.79 Å². The highest BCUT2D eigenvalue weighted by atomic mass is 16.3. The van der Waals surface area contributed by atoms with Gasteiger partial charge in [-0.15, -0.1) is 0 Å². The Balaban J connectivity index is 1.55. The molecule has 2 heterocycles. The largest absolute Gasteiger partial charge is 0.389 e. The highest BCUT2D eigenvalue weighted by Crippen LogP contribution is 2.32. The molecule has 0 atom stereocenters. The van der Waals surface area contributed by atoms with Gasteiger partial charge in [-0.25, -0.2) is 4.98 Å². The molecule has 0 bridgehead atoms. The maximum atomic E-state index is 12.0. The summed E-state index contributed by atoms with van der Waals surface area (Å²) < 4.78 is 0. The molecule has 1 saturated heterocycles. The molecule has 0 spiro atoms. The Labute approximate surface area is 125 Å². The molecule has 5 nitrogen and oxygen atoms in total. The van der Waals surface area contributed by atoms with Gasteiger partial charge in [-0.1, -0.05) is 12.8 Å². The van der Waals surface area contributed by atoms with Gasteiger partial charge in [0.15, 0.2) is 0 Å². The van der Waals surface area contributed by atoms with Gasteiger partial charge in [0, 0.05) is 13.1 Å². The van der Waals surface area contributed by atoms with Crippen molar-refractivity contribution in [1.29, 1.82) is 0 Å². The van der Waals surface area contributed by atoms with Crippen molar-refractivity contribution in [1.82, 2.24) is 4.98 Å². The smallest absolute Gasteiger partial charge is 0.227 e. The van der Waals surface area contributed by atoms with E-state index in [1.807, 2.05) is 12.1 Å². The number of aromatic nitrogens is 1. The predicted molar refractivity (Wildman–Crippen MR) is 82.3 cm³/mol. The number of aliphatic hydroxyl groups is 1. The highest BCUT2D eigenvalue weighted by molar-refractivity contribution is 5.91. The van der Waals surface area contributed by atoms with Crippen LogP contribution in [0.3, 0.4) is 0 Å². The number of hydrogen-bond acceptors (Lipinski definition) is 4. The minimum absolute atomic E-state index is 0.130. The summed E-state index contributed by atoms with van der Waals surface area (Å²) >= 11 is 0. The minimum atomic E-state index is -0.799. The molecule has 1 saturated carbocycles. The fourth-order valence-corrected chi connectivity index (χ4v) is 3.31. The predicted octanol–water partition coefficient (Wildman–Crippen LogP) is 2.32. The maximum Gasteiger partial charge on any atom is 0.227 e. The fourth-order valence-electron chi connectivity index (χ4n) is 3.31. The zero-order valence-electron chi connectivity index (χ0n) is 12.3. The van der Waals surface area contributed by atoms with E-state index in [1.54, 1.807) is 6.20 Å². The Morgan fingerprint density at radius 3 is 2.57 bits per heavy atom. The molecule has 0 radical (unpaired) electrons. The van der Waals surface area contributed by atoms with Crippen molar-refractivity contribution in [2.75, 3.05) is 23.3 Å². The third-order valence-corrected chi connectivity index (χ3v) is 4.49. The number of pyridine rings is 1. The lowest BCUT2D eigenvalue weighted by Crippen LogP contribution is -2.30.